The number of hydrogen-bond acceptors (Lipinski definition) is 6. The summed E-state index contributed by atoms with van der Waals surface area (Å²) in [4.78, 5) is 37.7. The van der Waals surface area contributed by atoms with E-state index >= 15 is 0 Å². The van der Waals surface area contributed by atoms with Crippen LogP contribution in [0.15, 0.2) is 47.3 Å². The number of amides is 1. The summed E-state index contributed by atoms with van der Waals surface area (Å²) in [7, 11) is 1.29. The molecule has 0 spiro atoms. The zero-order valence-electron chi connectivity index (χ0n) is 15.7. The molecule has 1 N–H and O–H groups in total. The van der Waals surface area contributed by atoms with Crippen molar-refractivity contribution in [3.63, 3.8) is 0 Å². The minimum absolute atomic E-state index is 0.0788. The number of nitrogens with one attached hydrogen (secondary N) is 1. The van der Waals surface area contributed by atoms with E-state index in [1.165, 1.54) is 35.3 Å². The summed E-state index contributed by atoms with van der Waals surface area (Å²) in [5.41, 5.74) is 1.76. The van der Waals surface area contributed by atoms with Crippen LogP contribution < -0.4 is 10.9 Å². The fourth-order valence-corrected chi connectivity index (χ4v) is 3.71. The summed E-state index contributed by atoms with van der Waals surface area (Å²) in [5.74, 6) is -1.02. The largest absolute Gasteiger partial charge is 0.465 e. The zero-order valence-corrected chi connectivity index (χ0v) is 16.5. The predicted octanol–water partition coefficient (Wildman–Crippen LogP) is 3.01. The van der Waals surface area contributed by atoms with Gasteiger partial charge in [-0.25, -0.2) is 9.48 Å². The Morgan fingerprint density at radius 1 is 1.14 bits per heavy atom. The molecule has 144 valence electrons. The lowest BCUT2D eigenvalue weighted by Gasteiger charge is -2.08. The minimum Gasteiger partial charge on any atom is -0.465 e. The lowest BCUT2D eigenvalue weighted by molar-refractivity contribution is 0.0601. The van der Waals surface area contributed by atoms with Crippen LogP contribution in [0.5, 0.6) is 0 Å². The molecule has 0 radical (unpaired) electrons. The number of esters is 1. The van der Waals surface area contributed by atoms with Crippen LogP contribution in [0.2, 0.25) is 0 Å². The Morgan fingerprint density at radius 2 is 1.86 bits per heavy atom. The van der Waals surface area contributed by atoms with E-state index < -0.39 is 11.9 Å². The molecule has 0 aliphatic heterocycles. The van der Waals surface area contributed by atoms with Crippen LogP contribution in [0, 0.1) is 13.8 Å². The Balaban J connectivity index is 1.88. The summed E-state index contributed by atoms with van der Waals surface area (Å²) in [6.07, 6.45) is 0. The molecule has 0 atom stereocenters. The van der Waals surface area contributed by atoms with Crippen molar-refractivity contribution >= 4 is 28.2 Å². The van der Waals surface area contributed by atoms with Gasteiger partial charge in [-0.2, -0.15) is 5.10 Å². The molecule has 0 aliphatic carbocycles. The van der Waals surface area contributed by atoms with Gasteiger partial charge in [-0.05, 0) is 31.0 Å². The third kappa shape index (κ3) is 4.01. The molecule has 0 saturated carbocycles. The van der Waals surface area contributed by atoms with Gasteiger partial charge in [0, 0.05) is 10.9 Å². The first-order valence-electron chi connectivity index (χ1n) is 8.52. The molecule has 1 aromatic carbocycles. The summed E-state index contributed by atoms with van der Waals surface area (Å²) in [6.45, 7) is 3.91. The number of thiophene rings is 1. The highest BCUT2D eigenvalue weighted by Crippen LogP contribution is 2.33. The molecule has 1 amide bonds. The van der Waals surface area contributed by atoms with Crippen LogP contribution in [-0.2, 0) is 11.3 Å². The maximum absolute atomic E-state index is 12.7. The van der Waals surface area contributed by atoms with Gasteiger partial charge in [0.05, 0.1) is 19.2 Å². The highest BCUT2D eigenvalue weighted by molar-refractivity contribution is 7.16. The summed E-state index contributed by atoms with van der Waals surface area (Å²) < 4.78 is 6.05. The number of hydrogen-bond donors (Lipinski definition) is 1. The molecule has 0 bridgehead atoms. The van der Waals surface area contributed by atoms with E-state index in [4.69, 9.17) is 4.74 Å². The maximum atomic E-state index is 12.7. The fourth-order valence-electron chi connectivity index (χ4n) is 2.67. The van der Waals surface area contributed by atoms with E-state index in [0.29, 0.717) is 10.6 Å². The second-order valence-electron chi connectivity index (χ2n) is 6.13. The van der Waals surface area contributed by atoms with Crippen LogP contribution in [0.25, 0.3) is 0 Å². The van der Waals surface area contributed by atoms with Crippen molar-refractivity contribution in [2.75, 3.05) is 12.4 Å². The fraction of sp³-hybridized carbons (Fsp3) is 0.200. The molecular formula is C20H19N3O4S. The Morgan fingerprint density at radius 3 is 2.54 bits per heavy atom. The topological polar surface area (TPSA) is 90.3 Å². The van der Waals surface area contributed by atoms with Gasteiger partial charge in [0.15, 0.2) is 0 Å². The molecule has 28 heavy (non-hydrogen) atoms. The number of carbonyl (C=O) groups is 2. The number of anilines is 1. The number of methoxy groups -OCH3 is 1. The number of ether oxygens (including phenoxy) is 1. The normalized spacial score (nSPS) is 10.5. The van der Waals surface area contributed by atoms with Crippen molar-refractivity contribution in [1.82, 2.24) is 9.78 Å². The second-order valence-corrected chi connectivity index (χ2v) is 7.36. The van der Waals surface area contributed by atoms with Gasteiger partial charge in [0.2, 0.25) is 0 Å². The van der Waals surface area contributed by atoms with Gasteiger partial charge < -0.3 is 10.1 Å². The van der Waals surface area contributed by atoms with Crippen LogP contribution in [0.1, 0.15) is 36.9 Å². The van der Waals surface area contributed by atoms with E-state index in [1.807, 2.05) is 37.3 Å². The van der Waals surface area contributed by atoms with Crippen LogP contribution in [-0.4, -0.2) is 28.8 Å². The number of aryl methyl sites for hydroxylation is 1. The first-order valence-corrected chi connectivity index (χ1v) is 9.34. The van der Waals surface area contributed by atoms with Crippen molar-refractivity contribution in [3.8, 4) is 0 Å². The Kier molecular flexibility index (Phi) is 5.70. The number of nitrogens with zero attached hydrogens (tertiary/aromatic N) is 2. The van der Waals surface area contributed by atoms with Gasteiger partial charge in [0.25, 0.3) is 11.5 Å². The highest BCUT2D eigenvalue weighted by atomic mass is 32.1. The van der Waals surface area contributed by atoms with E-state index in [9.17, 15) is 14.4 Å². The molecule has 2 aromatic heterocycles. The predicted molar refractivity (Wildman–Crippen MR) is 107 cm³/mol. The number of rotatable bonds is 5. The van der Waals surface area contributed by atoms with E-state index in [2.05, 4.69) is 10.4 Å². The molecule has 8 heteroatoms. The summed E-state index contributed by atoms with van der Waals surface area (Å²) in [5, 5.41) is 7.28. The lowest BCUT2D eigenvalue weighted by Crippen LogP contribution is -2.26. The SMILES string of the molecule is COC(=O)c1c(NC(=O)c2ccc(=O)n(Cc3ccccc3)n2)sc(C)c1C. The molecule has 3 aromatic rings. The molecule has 2 heterocycles. The van der Waals surface area contributed by atoms with Crippen LogP contribution in [0.4, 0.5) is 5.00 Å². The van der Waals surface area contributed by atoms with Gasteiger partial charge in [-0.3, -0.25) is 9.59 Å². The standard InChI is InChI=1S/C20H19N3O4S/c1-12-13(2)28-19(17(12)20(26)27-3)21-18(25)15-9-10-16(24)23(22-15)11-14-7-5-4-6-8-14/h4-10H,11H2,1-3H3,(H,21,25). The van der Waals surface area contributed by atoms with Crippen molar-refractivity contribution in [1.29, 1.82) is 0 Å². The monoisotopic (exact) mass is 397 g/mol. The Bertz CT molecular complexity index is 1090. The average Bonchev–Trinajstić information content (AvgIpc) is 2.97. The van der Waals surface area contributed by atoms with E-state index in [-0.39, 0.29) is 17.8 Å². The highest BCUT2D eigenvalue weighted by Gasteiger charge is 2.22. The smallest absolute Gasteiger partial charge is 0.341 e. The van der Waals surface area contributed by atoms with Crippen LogP contribution in [0.3, 0.4) is 0 Å². The van der Waals surface area contributed by atoms with Gasteiger partial charge >= 0.3 is 5.97 Å². The van der Waals surface area contributed by atoms with Crippen molar-refractivity contribution in [3.05, 3.63) is 80.1 Å². The summed E-state index contributed by atoms with van der Waals surface area (Å²) in [6, 6.07) is 12.0. The van der Waals surface area contributed by atoms with E-state index in [1.54, 1.807) is 6.92 Å². The van der Waals surface area contributed by atoms with E-state index in [0.717, 1.165) is 16.0 Å². The average molecular weight is 397 g/mol. The number of benzene rings is 1. The molecular weight excluding hydrogens is 378 g/mol. The Labute approximate surface area is 165 Å². The summed E-state index contributed by atoms with van der Waals surface area (Å²) >= 11 is 1.29. The zero-order chi connectivity index (χ0) is 20.3. The first kappa shape index (κ1) is 19.5. The quantitative estimate of drug-likeness (QED) is 0.669. The Hall–Kier alpha value is -3.26. The van der Waals surface area contributed by atoms with Gasteiger partial charge in [-0.15, -0.1) is 11.3 Å². The molecule has 3 rings (SSSR count). The minimum atomic E-state index is -0.515. The molecule has 7 nitrogen and oxygen atoms in total. The molecule has 0 aliphatic rings. The van der Waals surface area contributed by atoms with Gasteiger partial charge in [-0.1, -0.05) is 30.3 Å². The third-order valence-electron chi connectivity index (χ3n) is 4.28. The van der Waals surface area contributed by atoms with Crippen molar-refractivity contribution < 1.29 is 14.3 Å². The first-order chi connectivity index (χ1) is 13.4. The number of aromatic nitrogens is 2. The van der Waals surface area contributed by atoms with Gasteiger partial charge in [0.1, 0.15) is 10.7 Å². The molecule has 0 saturated heterocycles. The number of carbonyl (C=O) groups excluding carboxylic acids is 2. The molecule has 0 fully saturated rings. The maximum Gasteiger partial charge on any atom is 0.341 e. The molecule has 0 unspecified atom stereocenters. The van der Waals surface area contributed by atoms with Crippen molar-refractivity contribution in [2.24, 2.45) is 0 Å². The third-order valence-corrected chi connectivity index (χ3v) is 5.40. The second kappa shape index (κ2) is 8.18. The lowest BCUT2D eigenvalue weighted by atomic mass is 10.1. The van der Waals surface area contributed by atoms with Crippen LogP contribution >= 0.6 is 11.3 Å². The van der Waals surface area contributed by atoms with Crippen molar-refractivity contribution in [2.45, 2.75) is 20.4 Å².